The van der Waals surface area contributed by atoms with Crippen LogP contribution in [0.3, 0.4) is 0 Å². The molecule has 0 bridgehead atoms. The number of nitrogens with one attached hydrogen (secondary N) is 1. The van der Waals surface area contributed by atoms with E-state index in [0.717, 1.165) is 12.2 Å². The molecular weight excluding hydrogens is 248 g/mol. The molecule has 1 aliphatic rings. The van der Waals surface area contributed by atoms with Crippen LogP contribution in [-0.4, -0.2) is 0 Å². The quantitative estimate of drug-likeness (QED) is 0.889. The maximum Gasteiger partial charge on any atom is 0.0468 e. The van der Waals surface area contributed by atoms with E-state index in [4.69, 9.17) is 5.73 Å². The maximum absolute atomic E-state index is 5.90. The Balaban J connectivity index is 1.70. The highest BCUT2D eigenvalue weighted by Crippen LogP contribution is 2.33. The Morgan fingerprint density at radius 1 is 1.29 bits per heavy atom. The minimum Gasteiger partial charge on any atom is -0.398 e. The third-order valence-corrected chi connectivity index (χ3v) is 5.27. The molecule has 0 aromatic carbocycles. The number of nitrogens with two attached hydrogens (primary N) is 1. The van der Waals surface area contributed by atoms with Gasteiger partial charge in [0.1, 0.15) is 0 Å². The second kappa shape index (κ2) is 4.80. The minimum absolute atomic E-state index is 0.520. The summed E-state index contributed by atoms with van der Waals surface area (Å²) in [6.07, 6.45) is 3.80. The van der Waals surface area contributed by atoms with Gasteiger partial charge in [-0.05, 0) is 47.7 Å². The van der Waals surface area contributed by atoms with Gasteiger partial charge in [-0.15, -0.1) is 22.7 Å². The zero-order chi connectivity index (χ0) is 11.7. The van der Waals surface area contributed by atoms with Gasteiger partial charge in [-0.25, -0.2) is 0 Å². The molecule has 0 saturated carbocycles. The fraction of sp³-hybridized carbons (Fsp3) is 0.385. The molecule has 1 aliphatic carbocycles. The van der Waals surface area contributed by atoms with E-state index in [2.05, 4.69) is 22.1 Å². The van der Waals surface area contributed by atoms with Crippen molar-refractivity contribution in [2.24, 2.45) is 0 Å². The number of nitrogen functional groups attached to an aromatic ring is 1. The smallest absolute Gasteiger partial charge is 0.0468 e. The van der Waals surface area contributed by atoms with Crippen LogP contribution >= 0.6 is 22.7 Å². The van der Waals surface area contributed by atoms with Gasteiger partial charge in [0.2, 0.25) is 0 Å². The van der Waals surface area contributed by atoms with Crippen LogP contribution in [0.5, 0.6) is 0 Å². The van der Waals surface area contributed by atoms with Crippen LogP contribution in [0.1, 0.15) is 34.2 Å². The maximum atomic E-state index is 5.90. The molecule has 0 aliphatic heterocycles. The van der Waals surface area contributed by atoms with Crippen LogP contribution in [0.25, 0.3) is 0 Å². The van der Waals surface area contributed by atoms with Gasteiger partial charge in [0, 0.05) is 28.0 Å². The van der Waals surface area contributed by atoms with Gasteiger partial charge in [-0.1, -0.05) is 0 Å². The van der Waals surface area contributed by atoms with E-state index in [9.17, 15) is 0 Å². The highest BCUT2D eigenvalue weighted by Gasteiger charge is 2.20. The van der Waals surface area contributed by atoms with Gasteiger partial charge in [-0.3, -0.25) is 0 Å². The van der Waals surface area contributed by atoms with E-state index in [1.807, 2.05) is 17.4 Å². The predicted octanol–water partition coefficient (Wildman–Crippen LogP) is 3.56. The summed E-state index contributed by atoms with van der Waals surface area (Å²) in [5.41, 5.74) is 8.33. The van der Waals surface area contributed by atoms with Gasteiger partial charge < -0.3 is 11.1 Å². The van der Waals surface area contributed by atoms with Gasteiger partial charge in [0.15, 0.2) is 0 Å². The number of hydrogen-bond donors (Lipinski definition) is 2. The van der Waals surface area contributed by atoms with Crippen LogP contribution in [0.15, 0.2) is 22.9 Å². The summed E-state index contributed by atoms with van der Waals surface area (Å²) in [6, 6.07) is 4.78. The summed E-state index contributed by atoms with van der Waals surface area (Å²) >= 11 is 3.63. The summed E-state index contributed by atoms with van der Waals surface area (Å²) in [7, 11) is 0. The molecule has 3 rings (SSSR count). The fourth-order valence-electron chi connectivity index (χ4n) is 2.41. The number of hydrogen-bond acceptors (Lipinski definition) is 4. The molecule has 2 nitrogen and oxygen atoms in total. The summed E-state index contributed by atoms with van der Waals surface area (Å²) in [6.45, 7) is 0.892. The normalized spacial score (nSPS) is 19.2. The lowest BCUT2D eigenvalue weighted by Crippen LogP contribution is -2.23. The number of anilines is 1. The fourth-order valence-corrected chi connectivity index (χ4v) is 4.15. The van der Waals surface area contributed by atoms with Crippen molar-refractivity contribution < 1.29 is 0 Å². The highest BCUT2D eigenvalue weighted by atomic mass is 32.1. The molecule has 2 aromatic heterocycles. The standard InChI is InChI=1S/C13H16N2S2/c14-10-5-7-17-13(10)8-15-11-2-1-3-12-9(11)4-6-16-12/h4-7,11,15H,1-3,8,14H2. The van der Waals surface area contributed by atoms with E-state index >= 15 is 0 Å². The molecule has 90 valence electrons. The molecule has 3 N–H and O–H groups in total. The molecular formula is C13H16N2S2. The topological polar surface area (TPSA) is 38.0 Å². The lowest BCUT2D eigenvalue weighted by molar-refractivity contribution is 0.465. The largest absolute Gasteiger partial charge is 0.398 e. The molecule has 17 heavy (non-hydrogen) atoms. The van der Waals surface area contributed by atoms with Gasteiger partial charge >= 0.3 is 0 Å². The zero-order valence-electron chi connectivity index (χ0n) is 9.61. The molecule has 0 amide bonds. The van der Waals surface area contributed by atoms with Crippen molar-refractivity contribution in [3.8, 4) is 0 Å². The zero-order valence-corrected chi connectivity index (χ0v) is 11.2. The highest BCUT2D eigenvalue weighted by molar-refractivity contribution is 7.10. The minimum atomic E-state index is 0.520. The van der Waals surface area contributed by atoms with E-state index in [0.29, 0.717) is 6.04 Å². The monoisotopic (exact) mass is 264 g/mol. The molecule has 0 radical (unpaired) electrons. The number of rotatable bonds is 3. The summed E-state index contributed by atoms with van der Waals surface area (Å²) in [4.78, 5) is 2.82. The Hall–Kier alpha value is -0.840. The molecule has 2 heterocycles. The van der Waals surface area contributed by atoms with Crippen molar-refractivity contribution in [1.82, 2.24) is 5.32 Å². The van der Waals surface area contributed by atoms with Crippen molar-refractivity contribution in [2.45, 2.75) is 31.8 Å². The van der Waals surface area contributed by atoms with Crippen LogP contribution in [0.2, 0.25) is 0 Å². The third-order valence-electron chi connectivity index (χ3n) is 3.34. The molecule has 0 fully saturated rings. The number of fused-ring (bicyclic) bond motifs is 1. The lowest BCUT2D eigenvalue weighted by Gasteiger charge is -2.23. The Morgan fingerprint density at radius 2 is 2.18 bits per heavy atom. The first-order valence-corrected chi connectivity index (χ1v) is 7.72. The summed E-state index contributed by atoms with van der Waals surface area (Å²) < 4.78 is 0. The Morgan fingerprint density at radius 3 is 3.00 bits per heavy atom. The first-order valence-electron chi connectivity index (χ1n) is 5.96. The van der Waals surface area contributed by atoms with Crippen molar-refractivity contribution >= 4 is 28.4 Å². The van der Waals surface area contributed by atoms with Crippen molar-refractivity contribution in [1.29, 1.82) is 0 Å². The summed E-state index contributed by atoms with van der Waals surface area (Å²) in [5.74, 6) is 0. The molecule has 0 spiro atoms. The Bertz CT molecular complexity index is 501. The van der Waals surface area contributed by atoms with Crippen molar-refractivity contribution in [2.75, 3.05) is 5.73 Å². The predicted molar refractivity (Wildman–Crippen MR) is 75.6 cm³/mol. The van der Waals surface area contributed by atoms with E-state index in [1.54, 1.807) is 16.2 Å². The first kappa shape index (κ1) is 11.3. The van der Waals surface area contributed by atoms with Gasteiger partial charge in [-0.2, -0.15) is 0 Å². The van der Waals surface area contributed by atoms with Crippen LogP contribution < -0.4 is 11.1 Å². The van der Waals surface area contributed by atoms with Crippen LogP contribution in [0, 0.1) is 0 Å². The molecule has 1 unspecified atom stereocenters. The van der Waals surface area contributed by atoms with Crippen molar-refractivity contribution in [3.63, 3.8) is 0 Å². The number of thiophene rings is 2. The molecule has 4 heteroatoms. The second-order valence-corrected chi connectivity index (χ2v) is 6.43. The lowest BCUT2D eigenvalue weighted by atomic mass is 9.94. The van der Waals surface area contributed by atoms with E-state index < -0.39 is 0 Å². The van der Waals surface area contributed by atoms with Crippen molar-refractivity contribution in [3.05, 3.63) is 38.2 Å². The molecule has 2 aromatic rings. The van der Waals surface area contributed by atoms with E-state index in [-0.39, 0.29) is 0 Å². The third kappa shape index (κ3) is 2.25. The Kier molecular flexibility index (Phi) is 3.18. The van der Waals surface area contributed by atoms with Gasteiger partial charge in [0.05, 0.1) is 0 Å². The average molecular weight is 264 g/mol. The first-order chi connectivity index (χ1) is 8.34. The average Bonchev–Trinajstić information content (AvgIpc) is 2.95. The van der Waals surface area contributed by atoms with Crippen LogP contribution in [-0.2, 0) is 13.0 Å². The Labute approximate surface area is 109 Å². The SMILES string of the molecule is Nc1ccsc1CNC1CCCc2sccc21. The van der Waals surface area contributed by atoms with Gasteiger partial charge in [0.25, 0.3) is 0 Å². The summed E-state index contributed by atoms with van der Waals surface area (Å²) in [5, 5.41) is 7.92. The second-order valence-electron chi connectivity index (χ2n) is 4.42. The van der Waals surface area contributed by atoms with Crippen LogP contribution in [0.4, 0.5) is 5.69 Å². The molecule has 0 saturated heterocycles. The molecule has 1 atom stereocenters. The van der Waals surface area contributed by atoms with E-state index in [1.165, 1.54) is 29.7 Å². The number of aryl methyl sites for hydroxylation is 1.